The average Bonchev–Trinajstić information content (AvgIpc) is 2.40. The van der Waals surface area contributed by atoms with E-state index >= 15 is 0 Å². The molecule has 0 saturated heterocycles. The van der Waals surface area contributed by atoms with E-state index in [1.54, 1.807) is 30.5 Å². The van der Waals surface area contributed by atoms with Gasteiger partial charge in [-0.05, 0) is 32.0 Å². The van der Waals surface area contributed by atoms with Crippen LogP contribution in [0.3, 0.4) is 0 Å². The summed E-state index contributed by atoms with van der Waals surface area (Å²) in [6.45, 7) is 3.87. The molecule has 0 radical (unpaired) electrons. The number of anilines is 2. The number of aliphatic hydroxyl groups is 1. The highest BCUT2D eigenvalue weighted by Gasteiger charge is 2.17. The molecule has 5 nitrogen and oxygen atoms in total. The van der Waals surface area contributed by atoms with Crippen LogP contribution in [0.15, 0.2) is 18.2 Å². The number of aromatic nitrogens is 2. The molecule has 1 heterocycles. The van der Waals surface area contributed by atoms with Crippen molar-refractivity contribution < 1.29 is 5.11 Å². The summed E-state index contributed by atoms with van der Waals surface area (Å²) in [5.74, 6) is 0.391. The van der Waals surface area contributed by atoms with Gasteiger partial charge in [0.15, 0.2) is 0 Å². The number of nitrogens with two attached hydrogens (primary N) is 2. The minimum atomic E-state index is -0.830. The monoisotopic (exact) mass is 220 g/mol. The minimum Gasteiger partial charge on any atom is -0.399 e. The predicted molar refractivity (Wildman–Crippen MR) is 64.9 cm³/mol. The molecular weight excluding hydrogens is 204 g/mol. The van der Waals surface area contributed by atoms with Crippen molar-refractivity contribution in [1.82, 2.24) is 9.55 Å². The number of rotatable bonds is 2. The molecule has 0 spiro atoms. The Balaban J connectivity index is 2.56. The van der Waals surface area contributed by atoms with E-state index in [4.69, 9.17) is 11.5 Å². The van der Waals surface area contributed by atoms with E-state index < -0.39 is 5.60 Å². The maximum atomic E-state index is 9.80. The second-order valence-corrected chi connectivity index (χ2v) is 4.62. The number of nitrogen functional groups attached to an aromatic ring is 2. The lowest BCUT2D eigenvalue weighted by Gasteiger charge is -2.19. The Morgan fingerprint density at radius 2 is 2.06 bits per heavy atom. The van der Waals surface area contributed by atoms with Gasteiger partial charge in [0.2, 0.25) is 5.95 Å². The predicted octanol–water partition coefficient (Wildman–Crippen LogP) is 0.972. The average molecular weight is 220 g/mol. The zero-order valence-corrected chi connectivity index (χ0v) is 9.44. The molecule has 0 aliphatic rings. The third-order valence-electron chi connectivity index (χ3n) is 2.35. The summed E-state index contributed by atoms with van der Waals surface area (Å²) in [6, 6.07) is 5.43. The molecule has 5 N–H and O–H groups in total. The van der Waals surface area contributed by atoms with Crippen molar-refractivity contribution in [3.63, 3.8) is 0 Å². The first-order valence-electron chi connectivity index (χ1n) is 5.10. The van der Waals surface area contributed by atoms with Crippen LogP contribution in [0.5, 0.6) is 0 Å². The molecule has 0 bridgehead atoms. The van der Waals surface area contributed by atoms with Gasteiger partial charge >= 0.3 is 0 Å². The van der Waals surface area contributed by atoms with Gasteiger partial charge in [0.05, 0.1) is 23.2 Å². The van der Waals surface area contributed by atoms with Gasteiger partial charge in [-0.25, -0.2) is 4.98 Å². The topological polar surface area (TPSA) is 90.1 Å². The number of imidazole rings is 1. The minimum absolute atomic E-state index is 0.391. The summed E-state index contributed by atoms with van der Waals surface area (Å²) in [4.78, 5) is 4.21. The molecule has 0 amide bonds. The molecule has 1 aromatic carbocycles. The van der Waals surface area contributed by atoms with Crippen LogP contribution in [0.2, 0.25) is 0 Å². The fraction of sp³-hybridized carbons (Fsp3) is 0.364. The first kappa shape index (κ1) is 10.8. The van der Waals surface area contributed by atoms with E-state index in [2.05, 4.69) is 4.98 Å². The normalized spacial score (nSPS) is 12.2. The largest absolute Gasteiger partial charge is 0.399 e. The zero-order chi connectivity index (χ0) is 11.9. The van der Waals surface area contributed by atoms with Gasteiger partial charge in [-0.15, -0.1) is 0 Å². The maximum Gasteiger partial charge on any atom is 0.201 e. The van der Waals surface area contributed by atoms with Gasteiger partial charge in [-0.3, -0.25) is 0 Å². The summed E-state index contributed by atoms with van der Waals surface area (Å²) in [5, 5.41) is 9.80. The Labute approximate surface area is 93.7 Å². The summed E-state index contributed by atoms with van der Waals surface area (Å²) >= 11 is 0. The van der Waals surface area contributed by atoms with E-state index in [-0.39, 0.29) is 0 Å². The number of nitrogens with zero attached hydrogens (tertiary/aromatic N) is 2. The van der Waals surface area contributed by atoms with Crippen molar-refractivity contribution in [1.29, 1.82) is 0 Å². The molecular formula is C11H16N4O. The Kier molecular flexibility index (Phi) is 2.27. The van der Waals surface area contributed by atoms with Crippen LogP contribution in [-0.2, 0) is 6.54 Å². The number of benzene rings is 1. The summed E-state index contributed by atoms with van der Waals surface area (Å²) in [6.07, 6.45) is 0. The molecule has 2 aromatic rings. The molecule has 0 fully saturated rings. The van der Waals surface area contributed by atoms with Gasteiger partial charge in [-0.1, -0.05) is 0 Å². The smallest absolute Gasteiger partial charge is 0.201 e. The summed E-state index contributed by atoms with van der Waals surface area (Å²) < 4.78 is 1.79. The highest BCUT2D eigenvalue weighted by Crippen LogP contribution is 2.22. The molecule has 86 valence electrons. The number of fused-ring (bicyclic) bond motifs is 1. The Bertz CT molecular complexity index is 524. The van der Waals surface area contributed by atoms with Crippen LogP contribution in [0.25, 0.3) is 11.0 Å². The van der Waals surface area contributed by atoms with Crippen molar-refractivity contribution in [2.24, 2.45) is 0 Å². The van der Waals surface area contributed by atoms with Gasteiger partial charge in [0.1, 0.15) is 0 Å². The van der Waals surface area contributed by atoms with Crippen molar-refractivity contribution in [2.45, 2.75) is 26.0 Å². The SMILES string of the molecule is CC(C)(O)Cn1c(N)nc2cc(N)ccc21. The first-order chi connectivity index (χ1) is 7.37. The lowest BCUT2D eigenvalue weighted by Crippen LogP contribution is -2.26. The van der Waals surface area contributed by atoms with Crippen LogP contribution in [0, 0.1) is 0 Å². The molecule has 0 aliphatic heterocycles. The number of hydrogen-bond donors (Lipinski definition) is 3. The van der Waals surface area contributed by atoms with Gasteiger partial charge in [-0.2, -0.15) is 0 Å². The molecule has 0 aliphatic carbocycles. The van der Waals surface area contributed by atoms with Gasteiger partial charge in [0.25, 0.3) is 0 Å². The fourth-order valence-electron chi connectivity index (χ4n) is 1.72. The zero-order valence-electron chi connectivity index (χ0n) is 9.44. The maximum absolute atomic E-state index is 9.80. The van der Waals surface area contributed by atoms with E-state index in [1.807, 2.05) is 6.07 Å². The van der Waals surface area contributed by atoms with E-state index in [0.717, 1.165) is 11.0 Å². The third-order valence-corrected chi connectivity index (χ3v) is 2.35. The quantitative estimate of drug-likeness (QED) is 0.658. The van der Waals surface area contributed by atoms with E-state index in [0.29, 0.717) is 18.2 Å². The lowest BCUT2D eigenvalue weighted by atomic mass is 10.1. The molecule has 16 heavy (non-hydrogen) atoms. The van der Waals surface area contributed by atoms with Crippen molar-refractivity contribution in [2.75, 3.05) is 11.5 Å². The second-order valence-electron chi connectivity index (χ2n) is 4.62. The Morgan fingerprint density at radius 3 is 2.69 bits per heavy atom. The second kappa shape index (κ2) is 3.38. The third kappa shape index (κ3) is 1.94. The summed E-state index contributed by atoms with van der Waals surface area (Å²) in [5.41, 5.74) is 12.9. The molecule has 0 unspecified atom stereocenters. The fourth-order valence-corrected chi connectivity index (χ4v) is 1.72. The molecule has 0 saturated carbocycles. The lowest BCUT2D eigenvalue weighted by molar-refractivity contribution is 0.0633. The molecule has 5 heteroatoms. The van der Waals surface area contributed by atoms with Crippen LogP contribution >= 0.6 is 0 Å². The van der Waals surface area contributed by atoms with Crippen LogP contribution < -0.4 is 11.5 Å². The number of hydrogen-bond acceptors (Lipinski definition) is 4. The van der Waals surface area contributed by atoms with Crippen LogP contribution in [0.1, 0.15) is 13.8 Å². The van der Waals surface area contributed by atoms with E-state index in [9.17, 15) is 5.11 Å². The standard InChI is InChI=1S/C11H16N4O/c1-11(2,16)6-15-9-4-3-7(12)5-8(9)14-10(15)13/h3-5,16H,6,12H2,1-2H3,(H2,13,14). The van der Waals surface area contributed by atoms with Crippen LogP contribution in [-0.4, -0.2) is 20.3 Å². The highest BCUT2D eigenvalue weighted by molar-refractivity contribution is 5.81. The first-order valence-corrected chi connectivity index (χ1v) is 5.10. The molecule has 0 atom stereocenters. The highest BCUT2D eigenvalue weighted by atomic mass is 16.3. The summed E-state index contributed by atoms with van der Waals surface area (Å²) in [7, 11) is 0. The Morgan fingerprint density at radius 1 is 1.38 bits per heavy atom. The van der Waals surface area contributed by atoms with Crippen molar-refractivity contribution >= 4 is 22.7 Å². The van der Waals surface area contributed by atoms with Crippen LogP contribution in [0.4, 0.5) is 11.6 Å². The Hall–Kier alpha value is -1.75. The van der Waals surface area contributed by atoms with Crippen molar-refractivity contribution in [3.05, 3.63) is 18.2 Å². The molecule has 1 aromatic heterocycles. The van der Waals surface area contributed by atoms with E-state index in [1.165, 1.54) is 0 Å². The van der Waals surface area contributed by atoms with Crippen molar-refractivity contribution in [3.8, 4) is 0 Å². The van der Waals surface area contributed by atoms with Gasteiger partial charge in [0, 0.05) is 5.69 Å². The van der Waals surface area contributed by atoms with Gasteiger partial charge < -0.3 is 21.1 Å². The molecule has 2 rings (SSSR count).